The van der Waals surface area contributed by atoms with Crippen molar-refractivity contribution in [1.29, 1.82) is 0 Å². The van der Waals surface area contributed by atoms with Gasteiger partial charge in [-0.15, -0.1) is 6.58 Å². The van der Waals surface area contributed by atoms with Gasteiger partial charge in [-0.25, -0.2) is 4.39 Å². The first-order chi connectivity index (χ1) is 7.19. The molecule has 1 unspecified atom stereocenters. The monoisotopic (exact) mass is 227 g/mol. The van der Waals surface area contributed by atoms with Gasteiger partial charge in [0.2, 0.25) is 0 Å². The van der Waals surface area contributed by atoms with E-state index < -0.39 is 0 Å². The van der Waals surface area contributed by atoms with Gasteiger partial charge < -0.3 is 5.32 Å². The van der Waals surface area contributed by atoms with E-state index in [9.17, 15) is 4.39 Å². The van der Waals surface area contributed by atoms with Crippen LogP contribution in [0.25, 0.3) is 0 Å². The summed E-state index contributed by atoms with van der Waals surface area (Å²) in [5.41, 5.74) is 1.01. The Bertz CT molecular complexity index is 338. The van der Waals surface area contributed by atoms with Crippen LogP contribution in [0.1, 0.15) is 24.4 Å². The van der Waals surface area contributed by atoms with Crippen molar-refractivity contribution in [3.63, 3.8) is 0 Å². The van der Waals surface area contributed by atoms with Gasteiger partial charge in [0.05, 0.1) is 5.02 Å². The molecule has 0 saturated heterocycles. The molecule has 1 nitrogen and oxygen atoms in total. The Morgan fingerprint density at radius 2 is 2.33 bits per heavy atom. The molecule has 0 aliphatic heterocycles. The quantitative estimate of drug-likeness (QED) is 0.757. The van der Waals surface area contributed by atoms with Gasteiger partial charge in [-0.2, -0.15) is 0 Å². The predicted octanol–water partition coefficient (Wildman–Crippen LogP) is 3.71. The van der Waals surface area contributed by atoms with Crippen LogP contribution in [-0.2, 0) is 0 Å². The molecule has 15 heavy (non-hydrogen) atoms. The summed E-state index contributed by atoms with van der Waals surface area (Å²) in [5, 5.41) is 3.34. The highest BCUT2D eigenvalue weighted by Gasteiger charge is 2.10. The lowest BCUT2D eigenvalue weighted by Crippen LogP contribution is -2.16. The first-order valence-electron chi connectivity index (χ1n) is 4.92. The number of hydrogen-bond acceptors (Lipinski definition) is 1. The van der Waals surface area contributed by atoms with Gasteiger partial charge in [-0.05, 0) is 37.6 Å². The smallest absolute Gasteiger partial charge is 0.141 e. The zero-order chi connectivity index (χ0) is 11.3. The summed E-state index contributed by atoms with van der Waals surface area (Å²) in [6.45, 7) is 3.68. The van der Waals surface area contributed by atoms with Crippen molar-refractivity contribution in [2.75, 3.05) is 7.05 Å². The van der Waals surface area contributed by atoms with Crippen LogP contribution in [0.3, 0.4) is 0 Å². The molecular weight excluding hydrogens is 213 g/mol. The largest absolute Gasteiger partial charge is 0.313 e. The van der Waals surface area contributed by atoms with Crippen LogP contribution in [0.15, 0.2) is 30.9 Å². The van der Waals surface area contributed by atoms with Crippen molar-refractivity contribution in [2.24, 2.45) is 0 Å². The van der Waals surface area contributed by atoms with E-state index in [4.69, 9.17) is 11.6 Å². The molecule has 0 amide bonds. The molecule has 0 saturated carbocycles. The second-order valence-electron chi connectivity index (χ2n) is 3.38. The fourth-order valence-corrected chi connectivity index (χ4v) is 1.68. The van der Waals surface area contributed by atoms with E-state index in [0.29, 0.717) is 0 Å². The highest BCUT2D eigenvalue weighted by molar-refractivity contribution is 6.30. The van der Waals surface area contributed by atoms with Gasteiger partial charge in [0.25, 0.3) is 0 Å². The normalized spacial score (nSPS) is 12.5. The third-order valence-corrected chi connectivity index (χ3v) is 2.64. The van der Waals surface area contributed by atoms with Crippen LogP contribution in [0.2, 0.25) is 5.02 Å². The van der Waals surface area contributed by atoms with Crippen LogP contribution >= 0.6 is 11.6 Å². The first kappa shape index (κ1) is 12.2. The predicted molar refractivity (Wildman–Crippen MR) is 62.6 cm³/mol. The molecule has 0 spiro atoms. The molecule has 82 valence electrons. The highest BCUT2D eigenvalue weighted by Crippen LogP contribution is 2.23. The van der Waals surface area contributed by atoms with Gasteiger partial charge >= 0.3 is 0 Å². The summed E-state index contributed by atoms with van der Waals surface area (Å²) < 4.78 is 12.9. The standard InChI is InChI=1S/C12H15ClFN/c1-3-4-5-12(15-2)9-6-7-11(14)10(13)8-9/h3,6-8,12,15H,1,4-5H2,2H3. The SMILES string of the molecule is C=CCCC(NC)c1ccc(F)c(Cl)c1. The van der Waals surface area contributed by atoms with E-state index in [2.05, 4.69) is 11.9 Å². The van der Waals surface area contributed by atoms with Gasteiger partial charge in [0.15, 0.2) is 0 Å². The molecule has 0 heterocycles. The Morgan fingerprint density at radius 3 is 2.87 bits per heavy atom. The van der Waals surface area contributed by atoms with Crippen molar-refractivity contribution >= 4 is 11.6 Å². The van der Waals surface area contributed by atoms with Crippen LogP contribution in [0, 0.1) is 5.82 Å². The number of benzene rings is 1. The first-order valence-corrected chi connectivity index (χ1v) is 5.30. The van der Waals surface area contributed by atoms with Crippen molar-refractivity contribution in [3.8, 4) is 0 Å². The molecule has 3 heteroatoms. The third-order valence-electron chi connectivity index (χ3n) is 2.35. The molecule has 1 aromatic carbocycles. The van der Waals surface area contributed by atoms with E-state index in [-0.39, 0.29) is 16.9 Å². The molecule has 1 rings (SSSR count). The van der Waals surface area contributed by atoms with Crippen molar-refractivity contribution in [2.45, 2.75) is 18.9 Å². The third kappa shape index (κ3) is 3.33. The minimum absolute atomic E-state index is 0.173. The molecule has 0 aliphatic rings. The van der Waals surface area contributed by atoms with Gasteiger partial charge in [0, 0.05) is 6.04 Å². The maximum Gasteiger partial charge on any atom is 0.141 e. The number of halogens is 2. The number of rotatable bonds is 5. The van der Waals surface area contributed by atoms with E-state index in [1.165, 1.54) is 6.07 Å². The molecule has 1 aromatic rings. The lowest BCUT2D eigenvalue weighted by molar-refractivity contribution is 0.552. The number of hydrogen-bond donors (Lipinski definition) is 1. The fourth-order valence-electron chi connectivity index (χ4n) is 1.49. The van der Waals surface area contributed by atoms with E-state index >= 15 is 0 Å². The van der Waals surface area contributed by atoms with E-state index in [0.717, 1.165) is 18.4 Å². The Labute approximate surface area is 95.0 Å². The van der Waals surface area contributed by atoms with Gasteiger partial charge in [-0.1, -0.05) is 23.7 Å². The molecule has 0 fully saturated rings. The molecule has 1 N–H and O–H groups in total. The van der Waals surface area contributed by atoms with Gasteiger partial charge in [0.1, 0.15) is 5.82 Å². The number of nitrogens with one attached hydrogen (secondary N) is 1. The lowest BCUT2D eigenvalue weighted by Gasteiger charge is -2.16. The summed E-state index contributed by atoms with van der Waals surface area (Å²) >= 11 is 5.73. The maximum absolute atomic E-state index is 12.9. The average Bonchev–Trinajstić information content (AvgIpc) is 2.24. The summed E-state index contributed by atoms with van der Waals surface area (Å²) in [6, 6.07) is 5.02. The van der Waals surface area contributed by atoms with Crippen molar-refractivity contribution < 1.29 is 4.39 Å². The zero-order valence-corrected chi connectivity index (χ0v) is 9.52. The molecule has 0 bridgehead atoms. The van der Waals surface area contributed by atoms with E-state index in [1.807, 2.05) is 13.1 Å². The van der Waals surface area contributed by atoms with Crippen LogP contribution < -0.4 is 5.32 Å². The topological polar surface area (TPSA) is 12.0 Å². The average molecular weight is 228 g/mol. The van der Waals surface area contributed by atoms with Crippen LogP contribution in [-0.4, -0.2) is 7.05 Å². The Morgan fingerprint density at radius 1 is 1.60 bits per heavy atom. The Balaban J connectivity index is 2.82. The van der Waals surface area contributed by atoms with Crippen molar-refractivity contribution in [3.05, 3.63) is 47.3 Å². The Kier molecular flexibility index (Phi) is 4.79. The minimum atomic E-state index is -0.376. The zero-order valence-electron chi connectivity index (χ0n) is 8.76. The molecule has 0 aromatic heterocycles. The van der Waals surface area contributed by atoms with Gasteiger partial charge in [-0.3, -0.25) is 0 Å². The Hall–Kier alpha value is -0.860. The molecule has 1 atom stereocenters. The second-order valence-corrected chi connectivity index (χ2v) is 3.79. The summed E-state index contributed by atoms with van der Waals surface area (Å²) in [6.07, 6.45) is 3.72. The number of allylic oxidation sites excluding steroid dienone is 1. The summed E-state index contributed by atoms with van der Waals surface area (Å²) in [4.78, 5) is 0. The minimum Gasteiger partial charge on any atom is -0.313 e. The highest BCUT2D eigenvalue weighted by atomic mass is 35.5. The van der Waals surface area contributed by atoms with Crippen LogP contribution in [0.4, 0.5) is 4.39 Å². The fraction of sp³-hybridized carbons (Fsp3) is 0.333. The maximum atomic E-state index is 12.9. The lowest BCUT2D eigenvalue weighted by atomic mass is 10.0. The van der Waals surface area contributed by atoms with Crippen LogP contribution in [0.5, 0.6) is 0 Å². The second kappa shape index (κ2) is 5.89. The van der Waals surface area contributed by atoms with E-state index in [1.54, 1.807) is 12.1 Å². The van der Waals surface area contributed by atoms with Crippen molar-refractivity contribution in [1.82, 2.24) is 5.32 Å². The molecular formula is C12H15ClFN. The summed E-state index contributed by atoms with van der Waals surface area (Å²) in [5.74, 6) is -0.376. The molecule has 0 aliphatic carbocycles. The summed E-state index contributed by atoms with van der Waals surface area (Å²) in [7, 11) is 1.88. The molecule has 0 radical (unpaired) electrons.